The Balaban J connectivity index is 1.76. The molecule has 0 bridgehead atoms. The summed E-state index contributed by atoms with van der Waals surface area (Å²) in [6, 6.07) is 0. The van der Waals surface area contributed by atoms with E-state index in [1.165, 1.54) is 0 Å². The zero-order valence-electron chi connectivity index (χ0n) is 20.5. The Morgan fingerprint density at radius 1 is 0.567 bits per heavy atom. The molecule has 6 heteroatoms. The van der Waals surface area contributed by atoms with E-state index in [1.807, 2.05) is 20.8 Å². The largest absolute Gasteiger partial charge is 0.347 e. The lowest BCUT2D eigenvalue weighted by atomic mass is 10.0. The molecule has 3 heterocycles. The Morgan fingerprint density at radius 2 is 0.900 bits per heavy atom. The van der Waals surface area contributed by atoms with Crippen molar-refractivity contribution in [1.29, 1.82) is 0 Å². The molecule has 0 N–H and O–H groups in total. The van der Waals surface area contributed by atoms with Crippen molar-refractivity contribution in [2.45, 2.75) is 123 Å². The molecule has 176 valence electrons. The first-order valence-corrected chi connectivity index (χ1v) is 11.8. The normalized spacial score (nSPS) is 44.8. The fourth-order valence-corrected chi connectivity index (χ4v) is 5.46. The van der Waals surface area contributed by atoms with Gasteiger partial charge in [-0.15, -0.1) is 0 Å². The van der Waals surface area contributed by atoms with Crippen LogP contribution in [0.25, 0.3) is 0 Å². The van der Waals surface area contributed by atoms with Crippen LogP contribution in [-0.4, -0.2) is 55.0 Å². The Bertz CT molecular complexity index is 536. The highest BCUT2D eigenvalue weighted by Gasteiger charge is 2.57. The molecular weight excluding hydrogens is 384 g/mol. The Hall–Kier alpha value is -0.240. The summed E-state index contributed by atoms with van der Waals surface area (Å²) in [6.45, 7) is 20.2. The van der Waals surface area contributed by atoms with Crippen LogP contribution in [0.4, 0.5) is 0 Å². The summed E-state index contributed by atoms with van der Waals surface area (Å²) in [6.07, 6.45) is 1.63. The zero-order valence-corrected chi connectivity index (χ0v) is 20.5. The highest BCUT2D eigenvalue weighted by Crippen LogP contribution is 2.43. The maximum absolute atomic E-state index is 6.55. The third-order valence-electron chi connectivity index (χ3n) is 6.07. The molecular formula is C24H44O6. The van der Waals surface area contributed by atoms with Gasteiger partial charge < -0.3 is 28.4 Å². The maximum atomic E-state index is 6.55. The monoisotopic (exact) mass is 428 g/mol. The van der Waals surface area contributed by atoms with E-state index in [-0.39, 0.29) is 24.4 Å². The lowest BCUT2D eigenvalue weighted by Crippen LogP contribution is -2.45. The van der Waals surface area contributed by atoms with Crippen molar-refractivity contribution in [2.24, 2.45) is 17.8 Å². The van der Waals surface area contributed by atoms with Crippen LogP contribution in [0.3, 0.4) is 0 Å². The smallest absolute Gasteiger partial charge is 0.167 e. The van der Waals surface area contributed by atoms with Crippen LogP contribution in [0.15, 0.2) is 0 Å². The quantitative estimate of drug-likeness (QED) is 0.549. The number of ether oxygens (including phenoxy) is 6. The van der Waals surface area contributed by atoms with E-state index in [9.17, 15) is 0 Å². The van der Waals surface area contributed by atoms with Crippen LogP contribution in [-0.2, 0) is 28.4 Å². The summed E-state index contributed by atoms with van der Waals surface area (Å²) < 4.78 is 38.2. The molecule has 6 atom stereocenters. The molecule has 3 aliphatic heterocycles. The first kappa shape index (κ1) is 24.4. The first-order chi connectivity index (χ1) is 13.8. The summed E-state index contributed by atoms with van der Waals surface area (Å²) in [5.74, 6) is -0.399. The van der Waals surface area contributed by atoms with Crippen LogP contribution >= 0.6 is 0 Å². The van der Waals surface area contributed by atoms with Crippen LogP contribution < -0.4 is 0 Å². The summed E-state index contributed by atoms with van der Waals surface area (Å²) >= 11 is 0. The number of rotatable bonds is 8. The average molecular weight is 429 g/mol. The van der Waals surface area contributed by atoms with Gasteiger partial charge in [0.15, 0.2) is 17.4 Å². The van der Waals surface area contributed by atoms with Gasteiger partial charge in [-0.2, -0.15) is 0 Å². The second-order valence-corrected chi connectivity index (χ2v) is 11.3. The Morgan fingerprint density at radius 3 is 1.23 bits per heavy atom. The molecule has 0 radical (unpaired) electrons. The molecule has 30 heavy (non-hydrogen) atoms. The molecule has 0 aliphatic carbocycles. The van der Waals surface area contributed by atoms with Gasteiger partial charge in [-0.3, -0.25) is 0 Å². The van der Waals surface area contributed by atoms with Crippen LogP contribution in [0.5, 0.6) is 0 Å². The van der Waals surface area contributed by atoms with Crippen LogP contribution in [0, 0.1) is 17.8 Å². The molecule has 0 saturated carbocycles. The standard InChI is InChI=1S/C24H44O6/c1-15(2)10-22(7)25-13-18(27-22)20-21(30-24(9,29-20)12-17(5)6)19-14-26-23(8,28-19)11-16(3)4/h15-21H,10-14H2,1-9H3. The molecule has 0 aromatic heterocycles. The van der Waals surface area contributed by atoms with Crippen molar-refractivity contribution in [3.8, 4) is 0 Å². The molecule has 6 nitrogen and oxygen atoms in total. The first-order valence-electron chi connectivity index (χ1n) is 11.8. The van der Waals surface area contributed by atoms with Gasteiger partial charge in [0, 0.05) is 19.3 Å². The Labute approximate surface area is 183 Å². The summed E-state index contributed by atoms with van der Waals surface area (Å²) in [7, 11) is 0. The van der Waals surface area contributed by atoms with E-state index in [1.54, 1.807) is 0 Å². The topological polar surface area (TPSA) is 55.4 Å². The fraction of sp³-hybridized carbons (Fsp3) is 1.00. The van der Waals surface area contributed by atoms with Crippen LogP contribution in [0.1, 0.15) is 81.6 Å². The van der Waals surface area contributed by atoms with Crippen molar-refractivity contribution in [2.75, 3.05) is 13.2 Å². The van der Waals surface area contributed by atoms with Gasteiger partial charge in [0.2, 0.25) is 0 Å². The minimum Gasteiger partial charge on any atom is -0.347 e. The molecule has 6 unspecified atom stereocenters. The molecule has 3 aliphatic rings. The third-order valence-corrected chi connectivity index (χ3v) is 6.07. The molecule has 3 saturated heterocycles. The Kier molecular flexibility index (Phi) is 7.28. The highest BCUT2D eigenvalue weighted by atomic mass is 16.8. The van der Waals surface area contributed by atoms with Gasteiger partial charge in [-0.1, -0.05) is 41.5 Å². The van der Waals surface area contributed by atoms with Crippen molar-refractivity contribution in [3.05, 3.63) is 0 Å². The van der Waals surface area contributed by atoms with E-state index in [0.717, 1.165) is 19.3 Å². The fourth-order valence-electron chi connectivity index (χ4n) is 5.46. The molecule has 0 aromatic rings. The lowest BCUT2D eigenvalue weighted by molar-refractivity contribution is -0.201. The predicted octanol–water partition coefficient (Wildman–Crippen LogP) is 4.89. The van der Waals surface area contributed by atoms with Gasteiger partial charge in [0.05, 0.1) is 13.2 Å². The van der Waals surface area contributed by atoms with Gasteiger partial charge in [-0.05, 0) is 38.5 Å². The molecule has 0 amide bonds. The second-order valence-electron chi connectivity index (χ2n) is 11.3. The average Bonchev–Trinajstić information content (AvgIpc) is 3.21. The number of hydrogen-bond donors (Lipinski definition) is 0. The molecule has 3 rings (SSSR count). The summed E-state index contributed by atoms with van der Waals surface area (Å²) in [5.41, 5.74) is 0. The maximum Gasteiger partial charge on any atom is 0.167 e. The predicted molar refractivity (Wildman–Crippen MR) is 115 cm³/mol. The van der Waals surface area contributed by atoms with Crippen molar-refractivity contribution in [3.63, 3.8) is 0 Å². The van der Waals surface area contributed by atoms with Crippen LogP contribution in [0.2, 0.25) is 0 Å². The minimum atomic E-state index is -0.662. The van der Waals surface area contributed by atoms with Gasteiger partial charge in [0.25, 0.3) is 0 Å². The van der Waals surface area contributed by atoms with E-state index in [4.69, 9.17) is 28.4 Å². The van der Waals surface area contributed by atoms with Gasteiger partial charge in [0.1, 0.15) is 24.4 Å². The van der Waals surface area contributed by atoms with E-state index in [2.05, 4.69) is 41.5 Å². The molecule has 0 spiro atoms. The zero-order chi connectivity index (χ0) is 22.3. The van der Waals surface area contributed by atoms with E-state index in [0.29, 0.717) is 31.0 Å². The van der Waals surface area contributed by atoms with Crippen molar-refractivity contribution < 1.29 is 28.4 Å². The second kappa shape index (κ2) is 8.95. The SMILES string of the molecule is CC(C)CC1(C)OCC(C2OC(C)(CC(C)C)OC2C2COC(C)(CC(C)C)O2)O1. The third kappa shape index (κ3) is 5.76. The molecule has 0 aromatic carbocycles. The van der Waals surface area contributed by atoms with Crippen molar-refractivity contribution >= 4 is 0 Å². The van der Waals surface area contributed by atoms with E-state index < -0.39 is 17.4 Å². The van der Waals surface area contributed by atoms with Gasteiger partial charge in [-0.25, -0.2) is 0 Å². The summed E-state index contributed by atoms with van der Waals surface area (Å²) in [5, 5.41) is 0. The summed E-state index contributed by atoms with van der Waals surface area (Å²) in [4.78, 5) is 0. The van der Waals surface area contributed by atoms with Gasteiger partial charge >= 0.3 is 0 Å². The lowest BCUT2D eigenvalue weighted by Gasteiger charge is -2.30. The number of hydrogen-bond acceptors (Lipinski definition) is 6. The molecule has 3 fully saturated rings. The van der Waals surface area contributed by atoms with E-state index >= 15 is 0 Å². The highest BCUT2D eigenvalue weighted by molar-refractivity contribution is 4.98. The van der Waals surface area contributed by atoms with Crippen molar-refractivity contribution in [1.82, 2.24) is 0 Å². The minimum absolute atomic E-state index is 0.187.